The predicted octanol–water partition coefficient (Wildman–Crippen LogP) is 6.49. The maximum absolute atomic E-state index is 13.9. The lowest BCUT2D eigenvalue weighted by atomic mass is 9.97. The molecule has 1 aromatic heterocycles. The molecule has 0 atom stereocenters. The number of thiazole rings is 1. The van der Waals surface area contributed by atoms with Crippen LogP contribution < -0.4 is 10.2 Å². The van der Waals surface area contributed by atoms with E-state index in [4.69, 9.17) is 0 Å². The number of aromatic nitrogens is 1. The fourth-order valence-corrected chi connectivity index (χ4v) is 6.26. The number of hydrogen-bond donors (Lipinski definition) is 1. The first kappa shape index (κ1) is 28.1. The number of rotatable bonds is 7. The SMILES string of the molecule is O=C(Nc1cc(C(F)(F)F)ccc1N1CCCC1)c1csc(C2CCN(C(=O)CCc3ccccc3F)CC2)n1. The Morgan fingerprint density at radius 3 is 2.45 bits per heavy atom. The second-order valence-corrected chi connectivity index (χ2v) is 11.1. The summed E-state index contributed by atoms with van der Waals surface area (Å²) in [5.41, 5.74) is 0.560. The Morgan fingerprint density at radius 1 is 1.02 bits per heavy atom. The van der Waals surface area contributed by atoms with Crippen LogP contribution in [-0.4, -0.2) is 47.9 Å². The lowest BCUT2D eigenvalue weighted by molar-refractivity contribution is -0.137. The number of nitrogens with one attached hydrogen (secondary N) is 1. The number of halogens is 4. The van der Waals surface area contributed by atoms with Gasteiger partial charge in [-0.2, -0.15) is 13.2 Å². The molecule has 0 radical (unpaired) electrons. The average molecular weight is 575 g/mol. The van der Waals surface area contributed by atoms with Gasteiger partial charge in [-0.1, -0.05) is 18.2 Å². The highest BCUT2D eigenvalue weighted by molar-refractivity contribution is 7.10. The molecule has 6 nitrogen and oxygen atoms in total. The minimum Gasteiger partial charge on any atom is -0.370 e. The summed E-state index contributed by atoms with van der Waals surface area (Å²) in [6, 6.07) is 9.89. The second-order valence-electron chi connectivity index (χ2n) is 10.2. The van der Waals surface area contributed by atoms with E-state index in [1.807, 2.05) is 4.90 Å². The molecule has 0 saturated carbocycles. The lowest BCUT2D eigenvalue weighted by Crippen LogP contribution is -2.38. The van der Waals surface area contributed by atoms with E-state index < -0.39 is 17.6 Å². The first-order chi connectivity index (χ1) is 19.2. The van der Waals surface area contributed by atoms with Crippen LogP contribution in [0.4, 0.5) is 28.9 Å². The Hall–Kier alpha value is -3.47. The van der Waals surface area contributed by atoms with Gasteiger partial charge in [-0.25, -0.2) is 9.37 Å². The summed E-state index contributed by atoms with van der Waals surface area (Å²) in [7, 11) is 0. The van der Waals surface area contributed by atoms with Crippen LogP contribution in [0.15, 0.2) is 47.8 Å². The summed E-state index contributed by atoms with van der Waals surface area (Å²) in [6.45, 7) is 2.54. The smallest absolute Gasteiger partial charge is 0.370 e. The minimum atomic E-state index is -4.52. The van der Waals surface area contributed by atoms with Gasteiger partial charge in [0.25, 0.3) is 5.91 Å². The number of nitrogens with zero attached hydrogens (tertiary/aromatic N) is 3. The van der Waals surface area contributed by atoms with Gasteiger partial charge >= 0.3 is 6.18 Å². The highest BCUT2D eigenvalue weighted by Crippen LogP contribution is 2.37. The standard InChI is InChI=1S/C29H30F4N4O2S/c30-22-6-2-1-5-19(22)7-10-26(38)37-15-11-20(12-16-37)28-35-24(18-40-28)27(39)34-23-17-21(29(31,32)33)8-9-25(23)36-13-3-4-14-36/h1-2,5-6,8-9,17-18,20H,3-4,7,10-16H2,(H,34,39). The Morgan fingerprint density at radius 2 is 1.75 bits per heavy atom. The molecule has 0 bridgehead atoms. The number of anilines is 2. The van der Waals surface area contributed by atoms with Gasteiger partial charge in [0.05, 0.1) is 21.9 Å². The molecule has 11 heteroatoms. The number of carbonyl (C=O) groups excluding carboxylic acids is 2. The van der Waals surface area contributed by atoms with Crippen molar-refractivity contribution in [2.75, 3.05) is 36.4 Å². The average Bonchev–Trinajstić information content (AvgIpc) is 3.65. The number of piperidine rings is 1. The van der Waals surface area contributed by atoms with Crippen molar-refractivity contribution in [1.82, 2.24) is 9.88 Å². The third-order valence-corrected chi connectivity index (χ3v) is 8.54. The molecule has 0 aliphatic carbocycles. The van der Waals surface area contributed by atoms with E-state index in [0.29, 0.717) is 43.6 Å². The predicted molar refractivity (Wildman–Crippen MR) is 146 cm³/mol. The highest BCUT2D eigenvalue weighted by Gasteiger charge is 2.32. The minimum absolute atomic E-state index is 0.0178. The van der Waals surface area contributed by atoms with Crippen LogP contribution in [0.25, 0.3) is 0 Å². The number of hydrogen-bond acceptors (Lipinski definition) is 5. The molecule has 2 amide bonds. The van der Waals surface area contributed by atoms with Gasteiger partial charge < -0.3 is 15.1 Å². The summed E-state index contributed by atoms with van der Waals surface area (Å²) in [6.07, 6.45) is -0.673. The van der Waals surface area contributed by atoms with E-state index in [-0.39, 0.29) is 35.4 Å². The van der Waals surface area contributed by atoms with Crippen LogP contribution >= 0.6 is 11.3 Å². The third-order valence-electron chi connectivity index (χ3n) is 7.54. The van der Waals surface area contributed by atoms with Crippen molar-refractivity contribution in [2.24, 2.45) is 0 Å². The van der Waals surface area contributed by atoms with E-state index in [2.05, 4.69) is 10.3 Å². The van der Waals surface area contributed by atoms with Gasteiger partial charge in [-0.15, -0.1) is 11.3 Å². The van der Waals surface area contributed by atoms with Crippen molar-refractivity contribution in [3.8, 4) is 0 Å². The zero-order chi connectivity index (χ0) is 28.3. The second kappa shape index (κ2) is 12.0. The largest absolute Gasteiger partial charge is 0.416 e. The molecule has 0 spiro atoms. The summed E-state index contributed by atoms with van der Waals surface area (Å²) >= 11 is 1.34. The van der Waals surface area contributed by atoms with E-state index in [9.17, 15) is 27.2 Å². The topological polar surface area (TPSA) is 65.5 Å². The fourth-order valence-electron chi connectivity index (χ4n) is 5.29. The van der Waals surface area contributed by atoms with E-state index >= 15 is 0 Å². The monoisotopic (exact) mass is 574 g/mol. The van der Waals surface area contributed by atoms with Crippen molar-refractivity contribution < 1.29 is 27.2 Å². The van der Waals surface area contributed by atoms with Crippen LogP contribution in [0.1, 0.15) is 64.6 Å². The number of likely N-dealkylation sites (tertiary alicyclic amines) is 1. The van der Waals surface area contributed by atoms with E-state index in [0.717, 1.165) is 43.1 Å². The van der Waals surface area contributed by atoms with Gasteiger partial charge in [0.15, 0.2) is 0 Å². The Balaban J connectivity index is 1.19. The van der Waals surface area contributed by atoms with Crippen LogP contribution in [0, 0.1) is 5.82 Å². The van der Waals surface area contributed by atoms with E-state index in [1.54, 1.807) is 28.5 Å². The molecule has 40 heavy (non-hydrogen) atoms. The van der Waals surface area contributed by atoms with Crippen molar-refractivity contribution in [3.63, 3.8) is 0 Å². The van der Waals surface area contributed by atoms with Crippen LogP contribution in [-0.2, 0) is 17.4 Å². The van der Waals surface area contributed by atoms with Gasteiger partial charge in [-0.05, 0) is 61.9 Å². The fraction of sp³-hybridized carbons (Fsp3) is 0.414. The molecule has 212 valence electrons. The van der Waals surface area contributed by atoms with Crippen LogP contribution in [0.2, 0.25) is 0 Å². The summed E-state index contributed by atoms with van der Waals surface area (Å²) < 4.78 is 54.0. The molecule has 2 aliphatic heterocycles. The van der Waals surface area contributed by atoms with Gasteiger partial charge in [0.1, 0.15) is 11.5 Å². The molecule has 3 aromatic rings. The highest BCUT2D eigenvalue weighted by atomic mass is 32.1. The first-order valence-electron chi connectivity index (χ1n) is 13.4. The van der Waals surface area contributed by atoms with Crippen molar-refractivity contribution in [2.45, 2.75) is 50.6 Å². The zero-order valence-electron chi connectivity index (χ0n) is 21.8. The molecule has 2 saturated heterocycles. The summed E-state index contributed by atoms with van der Waals surface area (Å²) in [5, 5.41) is 5.07. The summed E-state index contributed by atoms with van der Waals surface area (Å²) in [4.78, 5) is 34.0. The Bertz CT molecular complexity index is 1360. The number of amides is 2. The molecule has 2 aromatic carbocycles. The number of aryl methyl sites for hydroxylation is 1. The third kappa shape index (κ3) is 6.46. The number of alkyl halides is 3. The zero-order valence-corrected chi connectivity index (χ0v) is 22.7. The molecular weight excluding hydrogens is 544 g/mol. The molecule has 2 fully saturated rings. The molecule has 1 N–H and O–H groups in total. The molecular formula is C29H30F4N4O2S. The van der Waals surface area contributed by atoms with Crippen molar-refractivity contribution in [3.05, 3.63) is 75.5 Å². The number of carbonyl (C=O) groups is 2. The van der Waals surface area contributed by atoms with E-state index in [1.165, 1.54) is 23.5 Å². The quantitative estimate of drug-likeness (QED) is 0.328. The molecule has 5 rings (SSSR count). The maximum Gasteiger partial charge on any atom is 0.416 e. The Labute approximate surface area is 234 Å². The first-order valence-corrected chi connectivity index (χ1v) is 14.3. The molecule has 3 heterocycles. The van der Waals surface area contributed by atoms with Crippen molar-refractivity contribution in [1.29, 1.82) is 0 Å². The molecule has 0 unspecified atom stereocenters. The normalized spacial score (nSPS) is 16.4. The Kier molecular flexibility index (Phi) is 8.39. The van der Waals surface area contributed by atoms with Crippen LogP contribution in [0.5, 0.6) is 0 Å². The summed E-state index contributed by atoms with van der Waals surface area (Å²) in [5.74, 6) is -0.798. The number of benzene rings is 2. The van der Waals surface area contributed by atoms with Gasteiger partial charge in [-0.3, -0.25) is 9.59 Å². The van der Waals surface area contributed by atoms with Crippen LogP contribution in [0.3, 0.4) is 0 Å². The lowest BCUT2D eigenvalue weighted by Gasteiger charge is -2.31. The van der Waals surface area contributed by atoms with Gasteiger partial charge in [0.2, 0.25) is 5.91 Å². The van der Waals surface area contributed by atoms with Crippen molar-refractivity contribution >= 4 is 34.5 Å². The maximum atomic E-state index is 13.9. The van der Waals surface area contributed by atoms with Gasteiger partial charge in [0, 0.05) is 43.9 Å². The molecule has 2 aliphatic rings.